The Morgan fingerprint density at radius 1 is 0.848 bits per heavy atom. The maximum absolute atomic E-state index is 4.67. The van der Waals surface area contributed by atoms with E-state index in [1.807, 2.05) is 6.20 Å². The Labute approximate surface area is 208 Å². The lowest BCUT2D eigenvalue weighted by Crippen LogP contribution is -2.43. The molecule has 0 unspecified atom stereocenters. The summed E-state index contributed by atoms with van der Waals surface area (Å²) in [6, 6.07) is 4.15. The molecule has 0 saturated heterocycles. The average Bonchev–Trinajstić information content (AvgIpc) is 2.71. The Bertz CT molecular complexity index is 869. The van der Waals surface area contributed by atoms with Gasteiger partial charge in [-0.15, -0.1) is 5.54 Å². The molecule has 33 heavy (non-hydrogen) atoms. The minimum atomic E-state index is -1.74. The molecule has 0 saturated carbocycles. The summed E-state index contributed by atoms with van der Waals surface area (Å²) in [7, 11) is -3.12. The molecule has 0 bridgehead atoms. The van der Waals surface area contributed by atoms with E-state index in [-0.39, 0.29) is 0 Å². The quantitative estimate of drug-likeness (QED) is 0.254. The third kappa shape index (κ3) is 8.31. The SMILES string of the molecule is CCCC/C(=C(\C#Cc1ccc(C#C[Si](C(C)C)(C(C)C)C(C)C)nc1)CCC)[Si](C)(C)C. The van der Waals surface area contributed by atoms with Crippen molar-refractivity contribution in [3.05, 3.63) is 40.4 Å². The van der Waals surface area contributed by atoms with Crippen molar-refractivity contribution in [1.82, 2.24) is 4.98 Å². The molecule has 0 fully saturated rings. The molecule has 0 atom stereocenters. The number of hydrogen-bond donors (Lipinski definition) is 0. The highest BCUT2D eigenvalue weighted by Crippen LogP contribution is 2.40. The van der Waals surface area contributed by atoms with Crippen LogP contribution in [0.1, 0.15) is 98.8 Å². The molecule has 1 nitrogen and oxygen atoms in total. The third-order valence-corrected chi connectivity index (χ3v) is 15.6. The van der Waals surface area contributed by atoms with E-state index in [0.717, 1.165) is 24.1 Å². The Morgan fingerprint density at radius 3 is 1.88 bits per heavy atom. The van der Waals surface area contributed by atoms with Gasteiger partial charge in [0.1, 0.15) is 13.8 Å². The minimum absolute atomic E-state index is 0.632. The van der Waals surface area contributed by atoms with Crippen molar-refractivity contribution in [3.8, 4) is 23.3 Å². The molecule has 0 aliphatic heterocycles. The Kier molecular flexibility index (Phi) is 11.9. The summed E-state index contributed by atoms with van der Waals surface area (Å²) in [5.41, 5.74) is 8.91. The first-order valence-corrected chi connectivity index (χ1v) is 18.9. The van der Waals surface area contributed by atoms with Crippen LogP contribution in [0, 0.1) is 23.3 Å². The number of rotatable bonds is 9. The van der Waals surface area contributed by atoms with Gasteiger partial charge in [-0.3, -0.25) is 0 Å². The smallest absolute Gasteiger partial charge is 0.146 e. The molecule has 0 spiro atoms. The zero-order valence-electron chi connectivity index (χ0n) is 23.4. The van der Waals surface area contributed by atoms with Gasteiger partial charge in [0, 0.05) is 11.8 Å². The standard InChI is InChI=1S/C30H49NSi2/c1-12-14-16-30(32(9,10)11)28(15-13-2)19-17-27-18-20-29(31-23-27)21-22-33(24(3)4,25(5)6)26(7)8/h18,20,23-26H,12-16H2,1-11H3/b30-28+. The van der Waals surface area contributed by atoms with Crippen molar-refractivity contribution < 1.29 is 0 Å². The van der Waals surface area contributed by atoms with Gasteiger partial charge >= 0.3 is 0 Å². The summed E-state index contributed by atoms with van der Waals surface area (Å²) in [6.45, 7) is 26.0. The van der Waals surface area contributed by atoms with E-state index in [1.165, 1.54) is 24.8 Å². The Hall–Kier alpha value is -1.56. The number of pyridine rings is 1. The molecule has 0 radical (unpaired) electrons. The normalized spacial score (nSPS) is 12.9. The fraction of sp³-hybridized carbons (Fsp3) is 0.633. The number of hydrogen-bond acceptors (Lipinski definition) is 1. The van der Waals surface area contributed by atoms with Crippen molar-refractivity contribution in [2.24, 2.45) is 0 Å². The van der Waals surface area contributed by atoms with Crippen LogP contribution in [0.25, 0.3) is 0 Å². The van der Waals surface area contributed by atoms with Gasteiger partial charge in [-0.2, -0.15) is 0 Å². The highest BCUT2D eigenvalue weighted by molar-refractivity contribution is 6.90. The van der Waals surface area contributed by atoms with E-state index in [1.54, 1.807) is 5.20 Å². The number of unbranched alkanes of at least 4 members (excludes halogenated alkanes) is 1. The molecule has 0 aliphatic carbocycles. The molecular weight excluding hydrogens is 431 g/mol. The molecule has 3 heteroatoms. The second-order valence-electron chi connectivity index (χ2n) is 11.4. The highest BCUT2D eigenvalue weighted by atomic mass is 28.3. The van der Waals surface area contributed by atoms with Crippen molar-refractivity contribution in [2.45, 2.75) is 124 Å². The van der Waals surface area contributed by atoms with Gasteiger partial charge in [0.15, 0.2) is 0 Å². The number of nitrogens with zero attached hydrogens (tertiary/aromatic N) is 1. The fourth-order valence-electron chi connectivity index (χ4n) is 5.17. The summed E-state index contributed by atoms with van der Waals surface area (Å²) in [6.07, 6.45) is 7.84. The average molecular weight is 480 g/mol. The van der Waals surface area contributed by atoms with Crippen LogP contribution in [0.4, 0.5) is 0 Å². The Morgan fingerprint density at radius 2 is 1.45 bits per heavy atom. The lowest BCUT2D eigenvalue weighted by molar-refractivity contribution is 0.792. The zero-order valence-corrected chi connectivity index (χ0v) is 25.4. The van der Waals surface area contributed by atoms with Crippen LogP contribution in [0.2, 0.25) is 36.3 Å². The highest BCUT2D eigenvalue weighted by Gasteiger charge is 2.41. The van der Waals surface area contributed by atoms with E-state index in [4.69, 9.17) is 0 Å². The zero-order chi connectivity index (χ0) is 25.2. The number of aromatic nitrogens is 1. The third-order valence-electron chi connectivity index (χ3n) is 6.94. The molecule has 0 aromatic carbocycles. The van der Waals surface area contributed by atoms with Gasteiger partial charge in [-0.05, 0) is 47.2 Å². The van der Waals surface area contributed by atoms with Crippen molar-refractivity contribution in [1.29, 1.82) is 0 Å². The van der Waals surface area contributed by atoms with Gasteiger partial charge in [-0.1, -0.05) is 117 Å². The van der Waals surface area contributed by atoms with Crippen LogP contribution in [0.3, 0.4) is 0 Å². The van der Waals surface area contributed by atoms with Crippen LogP contribution in [0.15, 0.2) is 29.1 Å². The second-order valence-corrected chi connectivity index (χ2v) is 22.1. The van der Waals surface area contributed by atoms with E-state index in [0.29, 0.717) is 16.6 Å². The topological polar surface area (TPSA) is 12.9 Å². The van der Waals surface area contributed by atoms with Crippen molar-refractivity contribution in [3.63, 3.8) is 0 Å². The van der Waals surface area contributed by atoms with Gasteiger partial charge in [-0.25, -0.2) is 4.98 Å². The van der Waals surface area contributed by atoms with Crippen molar-refractivity contribution in [2.75, 3.05) is 0 Å². The van der Waals surface area contributed by atoms with Crippen LogP contribution < -0.4 is 0 Å². The van der Waals surface area contributed by atoms with Gasteiger partial charge in [0.05, 0.1) is 8.07 Å². The summed E-state index contributed by atoms with van der Waals surface area (Å²) in [5, 5.41) is 1.66. The fourth-order valence-corrected chi connectivity index (χ4v) is 12.4. The Balaban J connectivity index is 3.29. The summed E-state index contributed by atoms with van der Waals surface area (Å²) in [4.78, 5) is 4.67. The molecule has 0 amide bonds. The van der Waals surface area contributed by atoms with E-state index in [2.05, 4.69) is 115 Å². The van der Waals surface area contributed by atoms with Crippen LogP contribution >= 0.6 is 0 Å². The molecule has 1 rings (SSSR count). The van der Waals surface area contributed by atoms with E-state index < -0.39 is 16.1 Å². The summed E-state index contributed by atoms with van der Waals surface area (Å²) >= 11 is 0. The van der Waals surface area contributed by atoms with E-state index >= 15 is 0 Å². The molecule has 1 heterocycles. The van der Waals surface area contributed by atoms with Gasteiger partial charge in [0.2, 0.25) is 0 Å². The van der Waals surface area contributed by atoms with Crippen LogP contribution in [-0.4, -0.2) is 21.1 Å². The molecular formula is C30H49NSi2. The second kappa shape index (κ2) is 13.4. The van der Waals surface area contributed by atoms with Gasteiger partial charge in [0.25, 0.3) is 0 Å². The molecule has 182 valence electrons. The largest absolute Gasteiger partial charge is 0.247 e. The minimum Gasteiger partial charge on any atom is -0.247 e. The first-order chi connectivity index (χ1) is 15.4. The molecule has 0 aliphatic rings. The molecule has 0 N–H and O–H groups in total. The predicted molar refractivity (Wildman–Crippen MR) is 154 cm³/mol. The maximum atomic E-state index is 4.67. The lowest BCUT2D eigenvalue weighted by atomic mass is 10.1. The van der Waals surface area contributed by atoms with E-state index in [9.17, 15) is 0 Å². The van der Waals surface area contributed by atoms with Crippen molar-refractivity contribution >= 4 is 16.1 Å². The maximum Gasteiger partial charge on any atom is 0.146 e. The summed E-state index contributed by atoms with van der Waals surface area (Å²) in [5.74, 6) is 10.4. The van der Waals surface area contributed by atoms with Crippen LogP contribution in [-0.2, 0) is 0 Å². The van der Waals surface area contributed by atoms with Crippen LogP contribution in [0.5, 0.6) is 0 Å². The number of allylic oxidation sites excluding steroid dienone is 2. The molecule has 1 aromatic heterocycles. The first-order valence-electron chi connectivity index (χ1n) is 13.1. The lowest BCUT2D eigenvalue weighted by Gasteiger charge is -2.38. The predicted octanol–water partition coefficient (Wildman–Crippen LogP) is 9.17. The summed E-state index contributed by atoms with van der Waals surface area (Å²) < 4.78 is 0. The monoisotopic (exact) mass is 479 g/mol. The van der Waals surface area contributed by atoms with Gasteiger partial charge < -0.3 is 0 Å². The first kappa shape index (κ1) is 29.5. The molecule has 1 aromatic rings.